The van der Waals surface area contributed by atoms with Crippen LogP contribution in [-0.2, 0) is 0 Å². The first-order chi connectivity index (χ1) is 27.7. The Kier molecular flexibility index (Phi) is 7.57. The van der Waals surface area contributed by atoms with Crippen molar-refractivity contribution in [3.05, 3.63) is 176 Å². The highest BCUT2D eigenvalue weighted by Crippen LogP contribution is 2.42. The second-order valence-corrected chi connectivity index (χ2v) is 14.7. The maximum absolute atomic E-state index is 6.77. The molecule has 0 aliphatic rings. The van der Waals surface area contributed by atoms with Crippen LogP contribution in [0.4, 0.5) is 0 Å². The monoisotopic (exact) mass is 735 g/mol. The Morgan fingerprint density at radius 3 is 1.73 bits per heavy atom. The maximum Gasteiger partial charge on any atom is 0.164 e. The van der Waals surface area contributed by atoms with Gasteiger partial charge in [-0.2, -0.15) is 0 Å². The van der Waals surface area contributed by atoms with Crippen molar-refractivity contribution in [2.45, 2.75) is 0 Å². The average molecular weight is 736 g/mol. The van der Waals surface area contributed by atoms with Crippen LogP contribution in [0, 0.1) is 0 Å². The van der Waals surface area contributed by atoms with E-state index in [2.05, 4.69) is 84.9 Å². The van der Waals surface area contributed by atoms with Gasteiger partial charge in [0, 0.05) is 43.1 Å². The molecule has 4 heterocycles. The number of thiophene rings is 1. The van der Waals surface area contributed by atoms with E-state index in [9.17, 15) is 0 Å². The van der Waals surface area contributed by atoms with Crippen LogP contribution in [0.1, 0.15) is 0 Å². The van der Waals surface area contributed by atoms with Crippen LogP contribution in [0.2, 0.25) is 0 Å². The maximum atomic E-state index is 6.77. The predicted molar refractivity (Wildman–Crippen MR) is 228 cm³/mol. The fraction of sp³-hybridized carbons (Fsp3) is 0. The molecule has 0 unspecified atom stereocenters. The lowest BCUT2D eigenvalue weighted by atomic mass is 10.0. The Balaban J connectivity index is 1.07. The molecule has 0 saturated carbocycles. The van der Waals surface area contributed by atoms with E-state index in [1.165, 1.54) is 4.70 Å². The summed E-state index contributed by atoms with van der Waals surface area (Å²) in [5, 5.41) is 3.10. The Labute approximate surface area is 325 Å². The third-order valence-electron chi connectivity index (χ3n) is 10.2. The highest BCUT2D eigenvalue weighted by atomic mass is 32.1. The van der Waals surface area contributed by atoms with Gasteiger partial charge < -0.3 is 4.42 Å². The molecule has 0 N–H and O–H groups in total. The predicted octanol–water partition coefficient (Wildman–Crippen LogP) is 12.9. The molecule has 0 radical (unpaired) electrons. The molecule has 0 aliphatic carbocycles. The number of aromatic nitrogens is 5. The van der Waals surface area contributed by atoms with Crippen LogP contribution in [0.5, 0.6) is 0 Å². The molecule has 262 valence electrons. The molecule has 0 spiro atoms. The van der Waals surface area contributed by atoms with Gasteiger partial charge in [-0.1, -0.05) is 146 Å². The number of furan rings is 1. The van der Waals surface area contributed by atoms with Crippen molar-refractivity contribution >= 4 is 53.6 Å². The molecule has 7 aromatic carbocycles. The molecular weight excluding hydrogens is 707 g/mol. The SMILES string of the molecule is c1ccc(-c2cccc(-c3nc(-c4ccccc4)nc(-c4ccc5c(c4)oc4c(-c6nc(-c7ccccc7)c7sc8ccccc8c7n6)cccc45)n3)c2)cc1. The summed E-state index contributed by atoms with van der Waals surface area (Å²) in [5.74, 6) is 2.39. The number of benzene rings is 7. The number of rotatable bonds is 6. The molecule has 6 nitrogen and oxygen atoms in total. The van der Waals surface area contributed by atoms with Crippen LogP contribution in [0.15, 0.2) is 180 Å². The molecule has 0 fully saturated rings. The Bertz CT molecular complexity index is 3250. The van der Waals surface area contributed by atoms with Gasteiger partial charge in [0.05, 0.1) is 21.5 Å². The zero-order chi connectivity index (χ0) is 37.0. The van der Waals surface area contributed by atoms with Gasteiger partial charge in [-0.15, -0.1) is 11.3 Å². The number of hydrogen-bond donors (Lipinski definition) is 0. The van der Waals surface area contributed by atoms with Crippen molar-refractivity contribution in [3.63, 3.8) is 0 Å². The minimum atomic E-state index is 0.562. The Morgan fingerprint density at radius 1 is 0.375 bits per heavy atom. The van der Waals surface area contributed by atoms with E-state index in [1.807, 2.05) is 91.0 Å². The normalized spacial score (nSPS) is 11.6. The number of nitrogens with zero attached hydrogens (tertiary/aromatic N) is 5. The topological polar surface area (TPSA) is 77.6 Å². The van der Waals surface area contributed by atoms with Gasteiger partial charge in [0.15, 0.2) is 23.3 Å². The molecular formula is C49H29N5OS. The van der Waals surface area contributed by atoms with Crippen LogP contribution >= 0.6 is 11.3 Å². The minimum Gasteiger partial charge on any atom is -0.455 e. The summed E-state index contributed by atoms with van der Waals surface area (Å²) < 4.78 is 9.02. The zero-order valence-electron chi connectivity index (χ0n) is 29.8. The van der Waals surface area contributed by atoms with Crippen molar-refractivity contribution in [3.8, 4) is 67.9 Å². The zero-order valence-corrected chi connectivity index (χ0v) is 30.6. The highest BCUT2D eigenvalue weighted by molar-refractivity contribution is 7.26. The van der Waals surface area contributed by atoms with Gasteiger partial charge in [0.25, 0.3) is 0 Å². The lowest BCUT2D eigenvalue weighted by Gasteiger charge is -2.09. The van der Waals surface area contributed by atoms with Gasteiger partial charge in [-0.05, 0) is 41.5 Å². The summed E-state index contributed by atoms with van der Waals surface area (Å²) in [7, 11) is 0. The third kappa shape index (κ3) is 5.52. The smallest absolute Gasteiger partial charge is 0.164 e. The Hall–Kier alpha value is -7.35. The molecule has 7 heteroatoms. The fourth-order valence-electron chi connectivity index (χ4n) is 7.44. The van der Waals surface area contributed by atoms with Gasteiger partial charge in [-0.3, -0.25) is 0 Å². The minimum absolute atomic E-state index is 0.562. The summed E-state index contributed by atoms with van der Waals surface area (Å²) in [6, 6.07) is 59.8. The third-order valence-corrected chi connectivity index (χ3v) is 11.3. The van der Waals surface area contributed by atoms with E-state index in [0.29, 0.717) is 23.3 Å². The van der Waals surface area contributed by atoms with Crippen LogP contribution in [-0.4, -0.2) is 24.9 Å². The molecule has 11 aromatic rings. The lowest BCUT2D eigenvalue weighted by Crippen LogP contribution is -2.00. The van der Waals surface area contributed by atoms with Crippen molar-refractivity contribution in [1.29, 1.82) is 0 Å². The molecule has 0 amide bonds. The molecule has 56 heavy (non-hydrogen) atoms. The van der Waals surface area contributed by atoms with E-state index in [-0.39, 0.29) is 0 Å². The van der Waals surface area contributed by atoms with E-state index >= 15 is 0 Å². The second-order valence-electron chi connectivity index (χ2n) is 13.7. The van der Waals surface area contributed by atoms with Crippen molar-refractivity contribution in [1.82, 2.24) is 24.9 Å². The first-order valence-corrected chi connectivity index (χ1v) is 19.2. The largest absolute Gasteiger partial charge is 0.455 e. The van der Waals surface area contributed by atoms with Crippen LogP contribution < -0.4 is 0 Å². The van der Waals surface area contributed by atoms with Gasteiger partial charge in [-0.25, -0.2) is 24.9 Å². The summed E-state index contributed by atoms with van der Waals surface area (Å²) in [6.45, 7) is 0. The summed E-state index contributed by atoms with van der Waals surface area (Å²) >= 11 is 1.73. The van der Waals surface area contributed by atoms with Gasteiger partial charge >= 0.3 is 0 Å². The van der Waals surface area contributed by atoms with Gasteiger partial charge in [0.1, 0.15) is 11.2 Å². The first kappa shape index (κ1) is 32.1. The van der Waals surface area contributed by atoms with Crippen molar-refractivity contribution in [2.75, 3.05) is 0 Å². The Morgan fingerprint density at radius 2 is 0.964 bits per heavy atom. The molecule has 4 aromatic heterocycles. The van der Waals surface area contributed by atoms with Gasteiger partial charge in [0.2, 0.25) is 0 Å². The summed E-state index contributed by atoms with van der Waals surface area (Å²) in [5.41, 5.74) is 10.1. The standard InChI is InChI=1S/C49H29N5OS/c1-4-14-30(15-5-1)33-20-12-21-34(28-33)47-52-46(32-18-8-3-9-19-32)53-48(54-47)35-26-27-36-37-23-13-24-39(44(37)55-40(36)29-35)49-50-42(31-16-6-2-7-17-31)45-43(51-49)38-22-10-11-25-41(38)56-45/h1-29H. The molecule has 11 rings (SSSR count). The van der Waals surface area contributed by atoms with Crippen LogP contribution in [0.25, 0.3) is 110 Å². The molecule has 0 aliphatic heterocycles. The lowest BCUT2D eigenvalue weighted by molar-refractivity contribution is 0.669. The van der Waals surface area contributed by atoms with E-state index in [0.717, 1.165) is 82.2 Å². The van der Waals surface area contributed by atoms with Crippen molar-refractivity contribution < 1.29 is 4.42 Å². The second kappa shape index (κ2) is 13.2. The highest BCUT2D eigenvalue weighted by Gasteiger charge is 2.21. The van der Waals surface area contributed by atoms with E-state index in [1.54, 1.807) is 11.3 Å². The van der Waals surface area contributed by atoms with E-state index < -0.39 is 0 Å². The number of fused-ring (bicyclic) bond motifs is 6. The summed E-state index contributed by atoms with van der Waals surface area (Å²) in [6.07, 6.45) is 0. The van der Waals surface area contributed by atoms with E-state index in [4.69, 9.17) is 29.3 Å². The number of para-hydroxylation sites is 1. The number of hydrogen-bond acceptors (Lipinski definition) is 7. The van der Waals surface area contributed by atoms with Crippen molar-refractivity contribution in [2.24, 2.45) is 0 Å². The average Bonchev–Trinajstić information content (AvgIpc) is 3.85. The molecule has 0 bridgehead atoms. The molecule has 0 saturated heterocycles. The quantitative estimate of drug-likeness (QED) is 0.169. The fourth-order valence-corrected chi connectivity index (χ4v) is 8.59. The molecule has 0 atom stereocenters. The summed E-state index contributed by atoms with van der Waals surface area (Å²) in [4.78, 5) is 25.5. The first-order valence-electron chi connectivity index (χ1n) is 18.4. The van der Waals surface area contributed by atoms with Crippen LogP contribution in [0.3, 0.4) is 0 Å².